The second-order valence-corrected chi connectivity index (χ2v) is 6.00. The molecule has 4 N–H and O–H groups in total. The van der Waals surface area contributed by atoms with Gasteiger partial charge in [-0.05, 0) is 37.3 Å². The van der Waals surface area contributed by atoms with Crippen molar-refractivity contribution >= 4 is 35.2 Å². The highest BCUT2D eigenvalue weighted by Crippen LogP contribution is 2.10. The summed E-state index contributed by atoms with van der Waals surface area (Å²) in [6.07, 6.45) is 0. The summed E-state index contributed by atoms with van der Waals surface area (Å²) in [6.45, 7) is 0.910. The number of hydrogen-bond donors (Lipinski definition) is 4. The molecule has 0 aliphatic heterocycles. The number of ether oxygens (including phenoxy) is 1. The number of carbonyl (C=O) groups is 4. The Morgan fingerprint density at radius 3 is 2.31 bits per heavy atom. The molecule has 0 bridgehead atoms. The maximum atomic E-state index is 12.0. The number of nitrogens with one attached hydrogen (secondary N) is 4. The third-order valence-corrected chi connectivity index (χ3v) is 3.71. The number of amides is 4. The molecule has 0 spiro atoms. The lowest BCUT2D eigenvalue weighted by atomic mass is 10.2. The van der Waals surface area contributed by atoms with E-state index in [1.807, 2.05) is 6.07 Å². The van der Waals surface area contributed by atoms with Crippen LogP contribution in [-0.2, 0) is 14.3 Å². The van der Waals surface area contributed by atoms with Crippen LogP contribution in [0.5, 0.6) is 0 Å². The van der Waals surface area contributed by atoms with Gasteiger partial charge in [0.2, 0.25) is 0 Å². The van der Waals surface area contributed by atoms with Crippen molar-refractivity contribution in [3.63, 3.8) is 0 Å². The van der Waals surface area contributed by atoms with Crippen LogP contribution in [-0.4, -0.2) is 43.5 Å². The zero-order valence-corrected chi connectivity index (χ0v) is 16.0. The summed E-state index contributed by atoms with van der Waals surface area (Å²) >= 11 is 0. The summed E-state index contributed by atoms with van der Waals surface area (Å²) in [5, 5.41) is 10.0. The molecule has 152 valence electrons. The van der Waals surface area contributed by atoms with E-state index in [9.17, 15) is 19.2 Å². The van der Waals surface area contributed by atoms with Crippen LogP contribution in [0.1, 0.15) is 17.3 Å². The molecular weight excluding hydrogens is 376 g/mol. The van der Waals surface area contributed by atoms with E-state index in [0.29, 0.717) is 16.9 Å². The lowest BCUT2D eigenvalue weighted by Crippen LogP contribution is -2.42. The molecule has 0 heterocycles. The van der Waals surface area contributed by atoms with Crippen molar-refractivity contribution < 1.29 is 23.9 Å². The molecule has 0 aliphatic rings. The van der Waals surface area contributed by atoms with Gasteiger partial charge >= 0.3 is 12.0 Å². The molecule has 0 saturated heterocycles. The highest BCUT2D eigenvalue weighted by Gasteiger charge is 2.18. The summed E-state index contributed by atoms with van der Waals surface area (Å²) in [6, 6.07) is 13.5. The van der Waals surface area contributed by atoms with Crippen molar-refractivity contribution in [2.24, 2.45) is 0 Å². The Kier molecular flexibility index (Phi) is 7.72. The second kappa shape index (κ2) is 10.5. The summed E-state index contributed by atoms with van der Waals surface area (Å²) in [5.41, 5.74) is 1.34. The van der Waals surface area contributed by atoms with Gasteiger partial charge in [-0.25, -0.2) is 9.59 Å². The largest absolute Gasteiger partial charge is 0.454 e. The second-order valence-electron chi connectivity index (χ2n) is 6.00. The van der Waals surface area contributed by atoms with Gasteiger partial charge in [0.1, 0.15) is 6.04 Å². The molecule has 1 atom stereocenters. The molecule has 0 aliphatic carbocycles. The van der Waals surface area contributed by atoms with E-state index in [0.717, 1.165) is 0 Å². The Morgan fingerprint density at radius 2 is 1.62 bits per heavy atom. The molecule has 0 aromatic heterocycles. The van der Waals surface area contributed by atoms with Crippen LogP contribution in [0.3, 0.4) is 0 Å². The minimum atomic E-state index is -0.955. The summed E-state index contributed by atoms with van der Waals surface area (Å²) in [7, 11) is 1.50. The molecule has 0 unspecified atom stereocenters. The fraction of sp³-hybridized carbons (Fsp3) is 0.200. The van der Waals surface area contributed by atoms with E-state index in [2.05, 4.69) is 21.3 Å². The van der Waals surface area contributed by atoms with Crippen LogP contribution in [0, 0.1) is 0 Å². The Hall–Kier alpha value is -3.88. The predicted octanol–water partition coefficient (Wildman–Crippen LogP) is 1.74. The molecule has 0 saturated carbocycles. The molecule has 0 radical (unpaired) electrons. The van der Waals surface area contributed by atoms with E-state index >= 15 is 0 Å². The fourth-order valence-electron chi connectivity index (χ4n) is 2.29. The number of anilines is 2. The number of esters is 1. The van der Waals surface area contributed by atoms with Gasteiger partial charge < -0.3 is 26.0 Å². The minimum absolute atomic E-state index is 0.291. The van der Waals surface area contributed by atoms with Gasteiger partial charge in [-0.15, -0.1) is 0 Å². The van der Waals surface area contributed by atoms with Crippen molar-refractivity contribution in [3.05, 3.63) is 60.2 Å². The van der Waals surface area contributed by atoms with Gasteiger partial charge in [0.25, 0.3) is 11.8 Å². The van der Waals surface area contributed by atoms with Gasteiger partial charge in [-0.2, -0.15) is 0 Å². The number of hydrogen-bond acceptors (Lipinski definition) is 5. The highest BCUT2D eigenvalue weighted by molar-refractivity contribution is 5.98. The summed E-state index contributed by atoms with van der Waals surface area (Å²) in [4.78, 5) is 47.4. The first-order chi connectivity index (χ1) is 13.9. The average Bonchev–Trinajstić information content (AvgIpc) is 2.72. The molecule has 2 aromatic rings. The lowest BCUT2D eigenvalue weighted by molar-refractivity contribution is -0.148. The monoisotopic (exact) mass is 398 g/mol. The van der Waals surface area contributed by atoms with Crippen LogP contribution in [0.25, 0.3) is 0 Å². The van der Waals surface area contributed by atoms with E-state index in [1.165, 1.54) is 20.0 Å². The Labute approximate surface area is 167 Å². The van der Waals surface area contributed by atoms with Crippen molar-refractivity contribution in [1.82, 2.24) is 10.6 Å². The van der Waals surface area contributed by atoms with Crippen LogP contribution in [0.4, 0.5) is 16.2 Å². The maximum absolute atomic E-state index is 12.0. The first-order valence-corrected chi connectivity index (χ1v) is 8.80. The normalized spacial score (nSPS) is 11.0. The zero-order valence-electron chi connectivity index (χ0n) is 16.0. The Morgan fingerprint density at radius 1 is 0.931 bits per heavy atom. The number of rotatable bonds is 7. The molecular formula is C20H22N4O5. The van der Waals surface area contributed by atoms with Crippen molar-refractivity contribution in [1.29, 1.82) is 0 Å². The standard InChI is InChI=1S/C20H22N4O5/c1-13(22-20(28)24-15-8-4-3-5-9-15)19(27)29-12-17(25)23-16-10-6-7-14(11-16)18(26)21-2/h3-11,13H,12H2,1-2H3,(H,21,26)(H,23,25)(H2,22,24,28)/t13-/m0/s1. The Balaban J connectivity index is 1.78. The maximum Gasteiger partial charge on any atom is 0.328 e. The first-order valence-electron chi connectivity index (χ1n) is 8.80. The molecule has 9 nitrogen and oxygen atoms in total. The number of urea groups is 1. The van der Waals surface area contributed by atoms with E-state index in [-0.39, 0.29) is 5.91 Å². The number of benzene rings is 2. The van der Waals surface area contributed by atoms with Gasteiger partial charge in [0, 0.05) is 24.0 Å². The molecule has 9 heteroatoms. The zero-order chi connectivity index (χ0) is 21.2. The van der Waals surface area contributed by atoms with E-state index < -0.39 is 30.6 Å². The van der Waals surface area contributed by atoms with Crippen LogP contribution in [0.2, 0.25) is 0 Å². The SMILES string of the molecule is CNC(=O)c1cccc(NC(=O)COC(=O)[C@H](C)NC(=O)Nc2ccccc2)c1. The average molecular weight is 398 g/mol. The topological polar surface area (TPSA) is 126 Å². The number of carbonyl (C=O) groups excluding carboxylic acids is 4. The molecule has 2 aromatic carbocycles. The molecule has 0 fully saturated rings. The quantitative estimate of drug-likeness (QED) is 0.529. The van der Waals surface area contributed by atoms with E-state index in [1.54, 1.807) is 42.5 Å². The van der Waals surface area contributed by atoms with Crippen LogP contribution in [0.15, 0.2) is 54.6 Å². The van der Waals surface area contributed by atoms with Crippen LogP contribution < -0.4 is 21.3 Å². The van der Waals surface area contributed by atoms with Gasteiger partial charge in [-0.3, -0.25) is 9.59 Å². The van der Waals surface area contributed by atoms with Crippen molar-refractivity contribution in [3.8, 4) is 0 Å². The van der Waals surface area contributed by atoms with Crippen molar-refractivity contribution in [2.45, 2.75) is 13.0 Å². The minimum Gasteiger partial charge on any atom is -0.454 e. The summed E-state index contributed by atoms with van der Waals surface area (Å²) in [5.74, 6) is -1.63. The van der Waals surface area contributed by atoms with Gasteiger partial charge in [0.05, 0.1) is 0 Å². The molecule has 2 rings (SSSR count). The first kappa shape index (κ1) is 21.4. The molecule has 4 amide bonds. The molecule has 29 heavy (non-hydrogen) atoms. The van der Waals surface area contributed by atoms with Crippen molar-refractivity contribution in [2.75, 3.05) is 24.3 Å². The number of para-hydroxylation sites is 1. The van der Waals surface area contributed by atoms with Crippen LogP contribution >= 0.6 is 0 Å². The fourth-order valence-corrected chi connectivity index (χ4v) is 2.29. The third kappa shape index (κ3) is 6.98. The highest BCUT2D eigenvalue weighted by atomic mass is 16.5. The van der Waals surface area contributed by atoms with Gasteiger partial charge in [0.15, 0.2) is 6.61 Å². The summed E-state index contributed by atoms with van der Waals surface area (Å²) < 4.78 is 4.92. The smallest absolute Gasteiger partial charge is 0.328 e. The Bertz CT molecular complexity index is 885. The third-order valence-electron chi connectivity index (χ3n) is 3.71. The predicted molar refractivity (Wildman–Crippen MR) is 107 cm³/mol. The van der Waals surface area contributed by atoms with Gasteiger partial charge in [-0.1, -0.05) is 24.3 Å². The lowest BCUT2D eigenvalue weighted by Gasteiger charge is -2.14. The van der Waals surface area contributed by atoms with E-state index in [4.69, 9.17) is 4.74 Å².